The van der Waals surface area contributed by atoms with Crippen molar-refractivity contribution in [1.82, 2.24) is 5.16 Å². The summed E-state index contributed by atoms with van der Waals surface area (Å²) in [4.78, 5) is 11.8. The first-order valence-corrected chi connectivity index (χ1v) is 7.63. The van der Waals surface area contributed by atoms with E-state index in [2.05, 4.69) is 5.16 Å². The van der Waals surface area contributed by atoms with E-state index in [4.69, 9.17) is 20.9 Å². The first-order valence-electron chi connectivity index (χ1n) is 7.25. The van der Waals surface area contributed by atoms with Crippen LogP contribution in [0, 0.1) is 0 Å². The Hall–Kier alpha value is -2.85. The molecule has 0 radical (unpaired) electrons. The van der Waals surface area contributed by atoms with Gasteiger partial charge in [0.2, 0.25) is 0 Å². The monoisotopic (exact) mass is 339 g/mol. The molecule has 0 amide bonds. The summed E-state index contributed by atoms with van der Waals surface area (Å²) in [6.45, 7) is 0. The number of carbonyl (C=O) groups excluding carboxylic acids is 1. The largest absolute Gasteiger partial charge is 0.465 e. The van der Waals surface area contributed by atoms with Gasteiger partial charge in [-0.05, 0) is 23.8 Å². The van der Waals surface area contributed by atoms with Gasteiger partial charge in [0.1, 0.15) is 5.69 Å². The minimum atomic E-state index is -0.442. The van der Waals surface area contributed by atoms with Crippen molar-refractivity contribution in [2.24, 2.45) is 0 Å². The molecule has 3 aromatic rings. The molecule has 0 aliphatic carbocycles. The first kappa shape index (κ1) is 16.0. The molecule has 0 saturated carbocycles. The van der Waals surface area contributed by atoms with Crippen LogP contribution in [0.25, 0.3) is 23.5 Å². The average molecular weight is 340 g/mol. The van der Waals surface area contributed by atoms with Gasteiger partial charge in [0.15, 0.2) is 5.76 Å². The number of halogens is 1. The van der Waals surface area contributed by atoms with Crippen molar-refractivity contribution in [3.8, 4) is 11.3 Å². The van der Waals surface area contributed by atoms with Crippen molar-refractivity contribution in [2.75, 3.05) is 7.11 Å². The van der Waals surface area contributed by atoms with Crippen LogP contribution in [0.1, 0.15) is 21.6 Å². The fourth-order valence-corrected chi connectivity index (χ4v) is 2.41. The Bertz CT molecular complexity index is 885. The lowest BCUT2D eigenvalue weighted by atomic mass is 10.1. The maximum absolute atomic E-state index is 11.8. The maximum atomic E-state index is 11.8. The van der Waals surface area contributed by atoms with Crippen LogP contribution in [0.5, 0.6) is 0 Å². The standard InChI is InChI=1S/C19H14ClNO3/c1-23-19(22)17-11-15(20)9-7-13(17)8-10-16-12-18(24-21-16)14-5-3-2-4-6-14/h2-12H,1H3. The second-order valence-electron chi connectivity index (χ2n) is 5.04. The highest BCUT2D eigenvalue weighted by atomic mass is 35.5. The van der Waals surface area contributed by atoms with Crippen LogP contribution in [-0.4, -0.2) is 18.2 Å². The molecule has 5 heteroatoms. The van der Waals surface area contributed by atoms with Crippen LogP contribution in [0.15, 0.2) is 59.1 Å². The van der Waals surface area contributed by atoms with E-state index in [0.717, 1.165) is 5.56 Å². The summed E-state index contributed by atoms with van der Waals surface area (Å²) in [5, 5.41) is 4.49. The minimum absolute atomic E-state index is 0.396. The highest BCUT2D eigenvalue weighted by Gasteiger charge is 2.11. The summed E-state index contributed by atoms with van der Waals surface area (Å²) in [5.74, 6) is 0.238. The summed E-state index contributed by atoms with van der Waals surface area (Å²) < 4.78 is 10.1. The molecule has 1 aromatic heterocycles. The minimum Gasteiger partial charge on any atom is -0.465 e. The zero-order valence-corrected chi connectivity index (χ0v) is 13.7. The lowest BCUT2D eigenvalue weighted by molar-refractivity contribution is 0.0600. The molecule has 0 saturated heterocycles. The molecule has 2 aromatic carbocycles. The van der Waals surface area contributed by atoms with E-state index < -0.39 is 5.97 Å². The van der Waals surface area contributed by atoms with Crippen LogP contribution < -0.4 is 0 Å². The lowest BCUT2D eigenvalue weighted by Crippen LogP contribution is -2.03. The number of ether oxygens (including phenoxy) is 1. The smallest absolute Gasteiger partial charge is 0.338 e. The molecule has 0 N–H and O–H groups in total. The van der Waals surface area contributed by atoms with E-state index in [9.17, 15) is 4.79 Å². The van der Waals surface area contributed by atoms with Crippen molar-refractivity contribution in [3.05, 3.63) is 76.4 Å². The summed E-state index contributed by atoms with van der Waals surface area (Å²) in [5.41, 5.74) is 2.69. The van der Waals surface area contributed by atoms with Gasteiger partial charge >= 0.3 is 5.97 Å². The number of carbonyl (C=O) groups is 1. The zero-order valence-electron chi connectivity index (χ0n) is 12.9. The average Bonchev–Trinajstić information content (AvgIpc) is 3.09. The molecule has 0 spiro atoms. The number of hydrogen-bond donors (Lipinski definition) is 0. The molecule has 0 unspecified atom stereocenters. The third kappa shape index (κ3) is 3.55. The number of hydrogen-bond acceptors (Lipinski definition) is 4. The Balaban J connectivity index is 1.87. The molecule has 120 valence electrons. The fourth-order valence-electron chi connectivity index (χ4n) is 2.24. The van der Waals surface area contributed by atoms with Gasteiger partial charge in [-0.1, -0.05) is 59.2 Å². The van der Waals surface area contributed by atoms with Gasteiger partial charge in [-0.25, -0.2) is 4.79 Å². The molecule has 0 atom stereocenters. The fraction of sp³-hybridized carbons (Fsp3) is 0.0526. The quantitative estimate of drug-likeness (QED) is 0.631. The van der Waals surface area contributed by atoms with Crippen molar-refractivity contribution in [2.45, 2.75) is 0 Å². The van der Waals surface area contributed by atoms with Gasteiger partial charge < -0.3 is 9.26 Å². The number of methoxy groups -OCH3 is 1. The number of rotatable bonds is 4. The van der Waals surface area contributed by atoms with Crippen LogP contribution >= 0.6 is 11.6 Å². The molecule has 1 heterocycles. The van der Waals surface area contributed by atoms with Crippen LogP contribution in [-0.2, 0) is 4.74 Å². The Labute approximate surface area is 144 Å². The SMILES string of the molecule is COC(=O)c1cc(Cl)ccc1C=Cc1cc(-c2ccccc2)on1. The van der Waals surface area contributed by atoms with Gasteiger partial charge in [0.25, 0.3) is 0 Å². The van der Waals surface area contributed by atoms with Gasteiger partial charge in [-0.2, -0.15) is 0 Å². The summed E-state index contributed by atoms with van der Waals surface area (Å²) in [6.07, 6.45) is 3.54. The first-order chi connectivity index (χ1) is 11.7. The number of aromatic nitrogens is 1. The van der Waals surface area contributed by atoms with E-state index in [0.29, 0.717) is 27.6 Å². The van der Waals surface area contributed by atoms with Crippen LogP contribution in [0.2, 0.25) is 5.02 Å². The number of nitrogens with zero attached hydrogens (tertiary/aromatic N) is 1. The Morgan fingerprint density at radius 2 is 1.92 bits per heavy atom. The van der Waals surface area contributed by atoms with E-state index in [-0.39, 0.29) is 0 Å². The summed E-state index contributed by atoms with van der Waals surface area (Å²) in [7, 11) is 1.33. The van der Waals surface area contributed by atoms with Crippen molar-refractivity contribution in [3.63, 3.8) is 0 Å². The molecular formula is C19H14ClNO3. The highest BCUT2D eigenvalue weighted by molar-refractivity contribution is 6.31. The molecule has 0 aliphatic heterocycles. The summed E-state index contributed by atoms with van der Waals surface area (Å²) in [6, 6.07) is 16.6. The molecule has 0 fully saturated rings. The predicted octanol–water partition coefficient (Wildman–Crippen LogP) is 4.95. The topological polar surface area (TPSA) is 52.3 Å². The maximum Gasteiger partial charge on any atom is 0.338 e. The van der Waals surface area contributed by atoms with Gasteiger partial charge in [0, 0.05) is 16.7 Å². The Morgan fingerprint density at radius 3 is 2.67 bits per heavy atom. The molecule has 0 aliphatic rings. The second kappa shape index (κ2) is 7.15. The van der Waals surface area contributed by atoms with E-state index in [1.54, 1.807) is 30.4 Å². The van der Waals surface area contributed by atoms with Gasteiger partial charge in [-0.3, -0.25) is 0 Å². The van der Waals surface area contributed by atoms with E-state index in [1.807, 2.05) is 36.4 Å². The van der Waals surface area contributed by atoms with E-state index in [1.165, 1.54) is 7.11 Å². The Kier molecular flexibility index (Phi) is 4.77. The third-order valence-electron chi connectivity index (χ3n) is 3.44. The van der Waals surface area contributed by atoms with Crippen LogP contribution in [0.4, 0.5) is 0 Å². The van der Waals surface area contributed by atoms with Crippen molar-refractivity contribution >= 4 is 29.7 Å². The molecule has 3 rings (SSSR count). The summed E-state index contributed by atoms with van der Waals surface area (Å²) >= 11 is 5.95. The Morgan fingerprint density at radius 1 is 1.12 bits per heavy atom. The lowest BCUT2D eigenvalue weighted by Gasteiger charge is -2.04. The molecular weight excluding hydrogens is 326 g/mol. The zero-order chi connectivity index (χ0) is 16.9. The van der Waals surface area contributed by atoms with Gasteiger partial charge in [-0.15, -0.1) is 0 Å². The van der Waals surface area contributed by atoms with Gasteiger partial charge in [0.05, 0.1) is 12.7 Å². The predicted molar refractivity (Wildman–Crippen MR) is 93.7 cm³/mol. The molecule has 24 heavy (non-hydrogen) atoms. The third-order valence-corrected chi connectivity index (χ3v) is 3.68. The van der Waals surface area contributed by atoms with Crippen molar-refractivity contribution < 1.29 is 14.1 Å². The normalized spacial score (nSPS) is 10.9. The highest BCUT2D eigenvalue weighted by Crippen LogP contribution is 2.22. The second-order valence-corrected chi connectivity index (χ2v) is 5.47. The van der Waals surface area contributed by atoms with E-state index >= 15 is 0 Å². The van der Waals surface area contributed by atoms with Crippen molar-refractivity contribution in [1.29, 1.82) is 0 Å². The molecule has 4 nitrogen and oxygen atoms in total. The number of benzene rings is 2. The van der Waals surface area contributed by atoms with Crippen LogP contribution in [0.3, 0.4) is 0 Å². The molecule has 0 bridgehead atoms. The number of esters is 1.